The van der Waals surface area contributed by atoms with Crippen LogP contribution in [0.1, 0.15) is 5.01 Å². The molecular formula is C19H18N2O4S2. The molecule has 27 heavy (non-hydrogen) atoms. The lowest BCUT2D eigenvalue weighted by molar-refractivity contribution is 0.106. The van der Waals surface area contributed by atoms with Crippen LogP contribution < -0.4 is 14.2 Å². The molecule has 1 N–H and O–H groups in total. The number of ether oxygens (including phenoxy) is 2. The molecule has 1 aromatic heterocycles. The number of thiazole rings is 1. The molecule has 2 aromatic carbocycles. The lowest BCUT2D eigenvalue weighted by Gasteiger charge is -2.26. The third-order valence-electron chi connectivity index (χ3n) is 4.06. The smallest absolute Gasteiger partial charge is 0.236 e. The summed E-state index contributed by atoms with van der Waals surface area (Å²) in [5, 5.41) is 2.84. The van der Waals surface area contributed by atoms with Gasteiger partial charge in [0.25, 0.3) is 0 Å². The lowest BCUT2D eigenvalue weighted by atomic mass is 10.1. The number of rotatable bonds is 5. The topological polar surface area (TPSA) is 77.5 Å². The number of para-hydroxylation sites is 3. The zero-order chi connectivity index (χ0) is 18.9. The number of nitrogens with zero attached hydrogens (tertiary/aromatic N) is 1. The largest absolute Gasteiger partial charge is 0.486 e. The van der Waals surface area contributed by atoms with Crippen molar-refractivity contribution >= 4 is 27.0 Å². The highest BCUT2D eigenvalue weighted by molar-refractivity contribution is 7.92. The second-order valence-electron chi connectivity index (χ2n) is 6.18. The molecule has 0 fully saturated rings. The van der Waals surface area contributed by atoms with E-state index in [1.54, 1.807) is 24.3 Å². The predicted molar refractivity (Wildman–Crippen MR) is 106 cm³/mol. The van der Waals surface area contributed by atoms with E-state index < -0.39 is 16.1 Å². The van der Waals surface area contributed by atoms with Crippen molar-refractivity contribution in [1.82, 2.24) is 4.98 Å². The Kier molecular flexibility index (Phi) is 4.75. The minimum absolute atomic E-state index is 0.185. The molecule has 0 saturated carbocycles. The molecule has 1 aliphatic heterocycles. The van der Waals surface area contributed by atoms with Crippen LogP contribution in [0.5, 0.6) is 11.5 Å². The van der Waals surface area contributed by atoms with E-state index in [1.165, 1.54) is 11.3 Å². The monoisotopic (exact) mass is 402 g/mol. The molecule has 1 unspecified atom stereocenters. The van der Waals surface area contributed by atoms with E-state index >= 15 is 0 Å². The standard InChI is InChI=1S/C19H18N2O4S2/c1-13-20-17(11-26-13)15-6-2-3-7-16(15)21-27(22,23)12-14-10-24-18-8-4-5-9-19(18)25-14/h2-9,11,14,21H,10,12H2,1H3. The third kappa shape index (κ3) is 4.06. The Bertz CT molecular complexity index is 1060. The Morgan fingerprint density at radius 1 is 1.15 bits per heavy atom. The molecule has 0 spiro atoms. The second-order valence-corrected chi connectivity index (χ2v) is 9.01. The normalized spacial score (nSPS) is 16.1. The van der Waals surface area contributed by atoms with E-state index in [9.17, 15) is 8.42 Å². The first-order chi connectivity index (χ1) is 13.0. The van der Waals surface area contributed by atoms with Gasteiger partial charge in [-0.05, 0) is 25.1 Å². The molecule has 1 atom stereocenters. The molecule has 0 radical (unpaired) electrons. The summed E-state index contributed by atoms with van der Waals surface area (Å²) in [4.78, 5) is 4.45. The molecule has 0 aliphatic carbocycles. The Hall–Kier alpha value is -2.58. The van der Waals surface area contributed by atoms with Gasteiger partial charge in [0.1, 0.15) is 18.5 Å². The Balaban J connectivity index is 1.51. The van der Waals surface area contributed by atoms with E-state index in [2.05, 4.69) is 9.71 Å². The zero-order valence-electron chi connectivity index (χ0n) is 14.6. The highest BCUT2D eigenvalue weighted by atomic mass is 32.2. The van der Waals surface area contributed by atoms with Crippen LogP contribution >= 0.6 is 11.3 Å². The second kappa shape index (κ2) is 7.21. The van der Waals surface area contributed by atoms with Crippen molar-refractivity contribution in [2.45, 2.75) is 13.0 Å². The lowest BCUT2D eigenvalue weighted by Crippen LogP contribution is -2.37. The number of fused-ring (bicyclic) bond motifs is 1. The van der Waals surface area contributed by atoms with Gasteiger partial charge in [-0.2, -0.15) is 0 Å². The maximum Gasteiger partial charge on any atom is 0.236 e. The van der Waals surface area contributed by atoms with Crippen molar-refractivity contribution in [2.75, 3.05) is 17.1 Å². The van der Waals surface area contributed by atoms with Gasteiger partial charge in [0.15, 0.2) is 11.5 Å². The highest BCUT2D eigenvalue weighted by Gasteiger charge is 2.27. The third-order valence-corrected chi connectivity index (χ3v) is 6.18. The summed E-state index contributed by atoms with van der Waals surface area (Å²) in [5.74, 6) is 0.983. The molecule has 2 heterocycles. The van der Waals surface area contributed by atoms with Gasteiger partial charge in [-0.1, -0.05) is 30.3 Å². The Morgan fingerprint density at radius 3 is 2.67 bits per heavy atom. The number of aryl methyl sites for hydroxylation is 1. The Labute approximate surface area is 161 Å². The van der Waals surface area contributed by atoms with Crippen molar-refractivity contribution in [3.05, 3.63) is 58.9 Å². The van der Waals surface area contributed by atoms with Crippen LogP contribution in [-0.2, 0) is 10.0 Å². The molecule has 6 nitrogen and oxygen atoms in total. The average molecular weight is 402 g/mol. The SMILES string of the molecule is Cc1nc(-c2ccccc2NS(=O)(=O)CC2COc3ccccc3O2)cs1. The molecule has 4 rings (SSSR count). The highest BCUT2D eigenvalue weighted by Crippen LogP contribution is 2.32. The fraction of sp³-hybridized carbons (Fsp3) is 0.211. The maximum atomic E-state index is 12.7. The quantitative estimate of drug-likeness (QED) is 0.704. The van der Waals surface area contributed by atoms with Crippen LogP contribution in [-0.4, -0.2) is 31.9 Å². The van der Waals surface area contributed by atoms with Crippen LogP contribution in [0.3, 0.4) is 0 Å². The van der Waals surface area contributed by atoms with E-state index in [4.69, 9.17) is 9.47 Å². The van der Waals surface area contributed by atoms with Gasteiger partial charge in [0, 0.05) is 10.9 Å². The summed E-state index contributed by atoms with van der Waals surface area (Å²) in [6.45, 7) is 2.10. The maximum absolute atomic E-state index is 12.7. The van der Waals surface area contributed by atoms with Crippen molar-refractivity contribution in [3.8, 4) is 22.8 Å². The first-order valence-corrected chi connectivity index (χ1v) is 10.9. The average Bonchev–Trinajstić information content (AvgIpc) is 3.07. The molecule has 3 aromatic rings. The van der Waals surface area contributed by atoms with Crippen LogP contribution in [0.25, 0.3) is 11.3 Å². The number of hydrogen-bond donors (Lipinski definition) is 1. The summed E-state index contributed by atoms with van der Waals surface area (Å²) in [6.07, 6.45) is -0.578. The van der Waals surface area contributed by atoms with E-state index in [-0.39, 0.29) is 12.4 Å². The van der Waals surface area contributed by atoms with E-state index in [0.717, 1.165) is 16.3 Å². The van der Waals surface area contributed by atoms with Gasteiger partial charge in [0.05, 0.1) is 16.4 Å². The van der Waals surface area contributed by atoms with Crippen molar-refractivity contribution in [3.63, 3.8) is 0 Å². The minimum atomic E-state index is -3.64. The summed E-state index contributed by atoms with van der Waals surface area (Å²) in [7, 11) is -3.64. The first-order valence-electron chi connectivity index (χ1n) is 8.41. The molecule has 0 amide bonds. The van der Waals surface area contributed by atoms with Crippen LogP contribution in [0.15, 0.2) is 53.9 Å². The van der Waals surface area contributed by atoms with Crippen LogP contribution in [0.2, 0.25) is 0 Å². The van der Waals surface area contributed by atoms with Gasteiger partial charge in [-0.15, -0.1) is 11.3 Å². The van der Waals surface area contributed by atoms with Crippen LogP contribution in [0.4, 0.5) is 5.69 Å². The number of hydrogen-bond acceptors (Lipinski definition) is 6. The molecule has 0 saturated heterocycles. The first kappa shape index (κ1) is 17.8. The fourth-order valence-electron chi connectivity index (χ4n) is 2.88. The van der Waals surface area contributed by atoms with Gasteiger partial charge in [-0.3, -0.25) is 4.72 Å². The molecule has 8 heteroatoms. The number of sulfonamides is 1. The van der Waals surface area contributed by atoms with E-state index in [1.807, 2.05) is 36.6 Å². The number of aromatic nitrogens is 1. The van der Waals surface area contributed by atoms with Crippen molar-refractivity contribution in [2.24, 2.45) is 0 Å². The van der Waals surface area contributed by atoms with Gasteiger partial charge < -0.3 is 9.47 Å². The minimum Gasteiger partial charge on any atom is -0.486 e. The number of nitrogens with one attached hydrogen (secondary N) is 1. The molecule has 1 aliphatic rings. The summed E-state index contributed by atoms with van der Waals surface area (Å²) in [6, 6.07) is 14.5. The summed E-state index contributed by atoms with van der Waals surface area (Å²) in [5.41, 5.74) is 2.00. The van der Waals surface area contributed by atoms with Gasteiger partial charge >= 0.3 is 0 Å². The Morgan fingerprint density at radius 2 is 1.89 bits per heavy atom. The molecule has 140 valence electrons. The summed E-state index contributed by atoms with van der Waals surface area (Å²) < 4.78 is 39.4. The van der Waals surface area contributed by atoms with Gasteiger partial charge in [-0.25, -0.2) is 13.4 Å². The summed E-state index contributed by atoms with van der Waals surface area (Å²) >= 11 is 1.52. The zero-order valence-corrected chi connectivity index (χ0v) is 16.2. The predicted octanol–water partition coefficient (Wildman–Crippen LogP) is 3.70. The van der Waals surface area contributed by atoms with E-state index in [0.29, 0.717) is 17.2 Å². The van der Waals surface area contributed by atoms with Crippen LogP contribution in [0, 0.1) is 6.92 Å². The number of benzene rings is 2. The molecule has 0 bridgehead atoms. The van der Waals surface area contributed by atoms with Crippen molar-refractivity contribution < 1.29 is 17.9 Å². The molecular weight excluding hydrogens is 384 g/mol. The van der Waals surface area contributed by atoms with Crippen molar-refractivity contribution in [1.29, 1.82) is 0 Å². The van der Waals surface area contributed by atoms with Gasteiger partial charge in [0.2, 0.25) is 10.0 Å². The fourth-order valence-corrected chi connectivity index (χ4v) is 4.74. The number of anilines is 1.